The smallest absolute Gasteiger partial charge is 0.260 e. The number of carbonyl (C=O) groups is 1. The number of para-hydroxylation sites is 2. The standard InChI is InChI=1S/C21H19N3O3/c25-21(16-9-5-11-18-19(16)27-13-12-26-18)22-20-15-8-4-10-17(15)23-24(20)14-6-2-1-3-7-14/h1-3,5-7,9,11H,4,8,10,12-13H2,(H,22,25). The molecule has 1 aliphatic heterocycles. The zero-order chi connectivity index (χ0) is 18.2. The summed E-state index contributed by atoms with van der Waals surface area (Å²) in [5.74, 6) is 1.64. The molecule has 0 fully saturated rings. The lowest BCUT2D eigenvalue weighted by Gasteiger charge is -2.20. The molecule has 27 heavy (non-hydrogen) atoms. The van der Waals surface area contributed by atoms with Gasteiger partial charge in [-0.05, 0) is 43.5 Å². The van der Waals surface area contributed by atoms with E-state index in [1.54, 1.807) is 12.1 Å². The Balaban J connectivity index is 1.54. The fraction of sp³-hybridized carbons (Fsp3) is 0.238. The molecule has 1 amide bonds. The van der Waals surface area contributed by atoms with Crippen molar-refractivity contribution < 1.29 is 14.3 Å². The van der Waals surface area contributed by atoms with Crippen LogP contribution in [0.4, 0.5) is 5.82 Å². The van der Waals surface area contributed by atoms with E-state index in [0.717, 1.165) is 42.0 Å². The number of carbonyl (C=O) groups excluding carboxylic acids is 1. The number of anilines is 1. The average Bonchev–Trinajstić information content (AvgIpc) is 3.31. The molecule has 2 heterocycles. The van der Waals surface area contributed by atoms with Gasteiger partial charge < -0.3 is 14.8 Å². The van der Waals surface area contributed by atoms with Crippen LogP contribution in [-0.4, -0.2) is 28.9 Å². The van der Waals surface area contributed by atoms with Crippen molar-refractivity contribution in [3.63, 3.8) is 0 Å². The summed E-state index contributed by atoms with van der Waals surface area (Å²) in [5, 5.41) is 7.82. The highest BCUT2D eigenvalue weighted by molar-refractivity contribution is 6.07. The summed E-state index contributed by atoms with van der Waals surface area (Å²) in [4.78, 5) is 13.1. The second-order valence-corrected chi connectivity index (χ2v) is 6.66. The molecule has 0 saturated carbocycles. The van der Waals surface area contributed by atoms with Gasteiger partial charge in [-0.2, -0.15) is 5.10 Å². The van der Waals surface area contributed by atoms with Crippen molar-refractivity contribution in [2.24, 2.45) is 0 Å². The first kappa shape index (κ1) is 15.9. The van der Waals surface area contributed by atoms with E-state index in [9.17, 15) is 4.79 Å². The van der Waals surface area contributed by atoms with E-state index in [-0.39, 0.29) is 5.91 Å². The lowest BCUT2D eigenvalue weighted by molar-refractivity contribution is 0.101. The summed E-state index contributed by atoms with van der Waals surface area (Å²) in [7, 11) is 0. The molecule has 1 aromatic heterocycles. The predicted molar refractivity (Wildman–Crippen MR) is 101 cm³/mol. The maximum atomic E-state index is 13.1. The number of hydrogen-bond donors (Lipinski definition) is 1. The average molecular weight is 361 g/mol. The van der Waals surface area contributed by atoms with Crippen molar-refractivity contribution in [2.75, 3.05) is 18.5 Å². The van der Waals surface area contributed by atoms with Gasteiger partial charge in [0.2, 0.25) is 0 Å². The first-order valence-electron chi connectivity index (χ1n) is 9.17. The van der Waals surface area contributed by atoms with Gasteiger partial charge in [0.1, 0.15) is 19.0 Å². The number of aryl methyl sites for hydroxylation is 1. The van der Waals surface area contributed by atoms with Crippen LogP contribution >= 0.6 is 0 Å². The van der Waals surface area contributed by atoms with Crippen LogP contribution in [0.25, 0.3) is 5.69 Å². The molecule has 0 saturated heterocycles. The molecule has 1 N–H and O–H groups in total. The Morgan fingerprint density at radius 3 is 2.74 bits per heavy atom. The van der Waals surface area contributed by atoms with E-state index >= 15 is 0 Å². The van der Waals surface area contributed by atoms with Crippen LogP contribution in [0.2, 0.25) is 0 Å². The molecule has 0 atom stereocenters. The highest BCUT2D eigenvalue weighted by Gasteiger charge is 2.26. The summed E-state index contributed by atoms with van der Waals surface area (Å²) in [6.07, 6.45) is 2.92. The topological polar surface area (TPSA) is 65.4 Å². The third-order valence-corrected chi connectivity index (χ3v) is 4.95. The van der Waals surface area contributed by atoms with E-state index in [4.69, 9.17) is 14.6 Å². The molecular formula is C21H19N3O3. The number of nitrogens with zero attached hydrogens (tertiary/aromatic N) is 2. The van der Waals surface area contributed by atoms with Gasteiger partial charge in [0, 0.05) is 5.56 Å². The highest BCUT2D eigenvalue weighted by Crippen LogP contribution is 2.35. The second kappa shape index (κ2) is 6.46. The summed E-state index contributed by atoms with van der Waals surface area (Å²) in [6.45, 7) is 0.932. The molecule has 3 aromatic rings. The molecule has 6 heteroatoms. The summed E-state index contributed by atoms with van der Waals surface area (Å²) < 4.78 is 13.1. The van der Waals surface area contributed by atoms with Gasteiger partial charge in [-0.1, -0.05) is 24.3 Å². The molecule has 5 rings (SSSR count). The van der Waals surface area contributed by atoms with Gasteiger partial charge in [0.25, 0.3) is 5.91 Å². The zero-order valence-electron chi connectivity index (χ0n) is 14.8. The van der Waals surface area contributed by atoms with Crippen molar-refractivity contribution in [1.29, 1.82) is 0 Å². The van der Waals surface area contributed by atoms with Gasteiger partial charge in [-0.3, -0.25) is 4.79 Å². The number of hydrogen-bond acceptors (Lipinski definition) is 4. The Labute approximate surface area is 156 Å². The Bertz CT molecular complexity index is 1010. The normalized spacial score (nSPS) is 14.7. The first-order valence-corrected chi connectivity index (χ1v) is 9.17. The molecule has 0 spiro atoms. The number of fused-ring (bicyclic) bond motifs is 2. The number of amides is 1. The van der Waals surface area contributed by atoms with E-state index in [0.29, 0.717) is 30.3 Å². The van der Waals surface area contributed by atoms with Crippen LogP contribution in [0.15, 0.2) is 48.5 Å². The predicted octanol–water partition coefficient (Wildman–Crippen LogP) is 3.38. The van der Waals surface area contributed by atoms with E-state index in [1.165, 1.54) is 0 Å². The quantitative estimate of drug-likeness (QED) is 0.777. The third kappa shape index (κ3) is 2.73. The lowest BCUT2D eigenvalue weighted by Crippen LogP contribution is -2.21. The molecule has 2 aromatic carbocycles. The molecule has 2 aliphatic rings. The summed E-state index contributed by atoms with van der Waals surface area (Å²) >= 11 is 0. The Kier molecular flexibility index (Phi) is 3.81. The molecule has 0 unspecified atom stereocenters. The molecule has 1 aliphatic carbocycles. The van der Waals surface area contributed by atoms with Crippen molar-refractivity contribution >= 4 is 11.7 Å². The SMILES string of the molecule is O=C(Nc1c2c(nn1-c1ccccc1)CCC2)c1cccc2c1OCCO2. The Morgan fingerprint density at radius 2 is 1.85 bits per heavy atom. The highest BCUT2D eigenvalue weighted by atomic mass is 16.6. The van der Waals surface area contributed by atoms with Gasteiger partial charge in [0.15, 0.2) is 11.5 Å². The van der Waals surface area contributed by atoms with Gasteiger partial charge in [0.05, 0.1) is 16.9 Å². The Hall–Kier alpha value is -3.28. The van der Waals surface area contributed by atoms with Crippen LogP contribution < -0.4 is 14.8 Å². The fourth-order valence-corrected chi connectivity index (χ4v) is 3.70. The lowest BCUT2D eigenvalue weighted by atomic mass is 10.1. The van der Waals surface area contributed by atoms with Crippen LogP contribution in [0.5, 0.6) is 11.5 Å². The van der Waals surface area contributed by atoms with Crippen LogP contribution in [-0.2, 0) is 12.8 Å². The number of ether oxygens (including phenoxy) is 2. The first-order chi connectivity index (χ1) is 13.3. The van der Waals surface area contributed by atoms with Gasteiger partial charge in [-0.25, -0.2) is 4.68 Å². The monoisotopic (exact) mass is 361 g/mol. The van der Waals surface area contributed by atoms with Crippen molar-refractivity contribution in [3.05, 3.63) is 65.4 Å². The summed E-state index contributed by atoms with van der Waals surface area (Å²) in [6, 6.07) is 15.2. The van der Waals surface area contributed by atoms with Crippen molar-refractivity contribution in [3.8, 4) is 17.2 Å². The third-order valence-electron chi connectivity index (χ3n) is 4.95. The van der Waals surface area contributed by atoms with Crippen LogP contribution in [0.3, 0.4) is 0 Å². The zero-order valence-corrected chi connectivity index (χ0v) is 14.8. The maximum Gasteiger partial charge on any atom is 0.260 e. The molecule has 136 valence electrons. The minimum absolute atomic E-state index is 0.218. The fourth-order valence-electron chi connectivity index (χ4n) is 3.70. The minimum atomic E-state index is -0.218. The van der Waals surface area contributed by atoms with Crippen LogP contribution in [0.1, 0.15) is 28.0 Å². The number of aromatic nitrogens is 2. The largest absolute Gasteiger partial charge is 0.486 e. The van der Waals surface area contributed by atoms with E-state index in [1.807, 2.05) is 41.1 Å². The van der Waals surface area contributed by atoms with E-state index in [2.05, 4.69) is 5.32 Å². The van der Waals surface area contributed by atoms with Crippen LogP contribution in [0, 0.1) is 0 Å². The number of rotatable bonds is 3. The van der Waals surface area contributed by atoms with Crippen molar-refractivity contribution in [2.45, 2.75) is 19.3 Å². The van der Waals surface area contributed by atoms with Crippen molar-refractivity contribution in [1.82, 2.24) is 9.78 Å². The maximum absolute atomic E-state index is 13.1. The second-order valence-electron chi connectivity index (χ2n) is 6.66. The molecule has 0 radical (unpaired) electrons. The number of nitrogens with one attached hydrogen (secondary N) is 1. The molecule has 0 bridgehead atoms. The van der Waals surface area contributed by atoms with Gasteiger partial charge >= 0.3 is 0 Å². The van der Waals surface area contributed by atoms with Gasteiger partial charge in [-0.15, -0.1) is 0 Å². The summed E-state index contributed by atoms with van der Waals surface area (Å²) in [5.41, 5.74) is 3.58. The molecular weight excluding hydrogens is 342 g/mol. The Morgan fingerprint density at radius 1 is 1.00 bits per heavy atom. The molecule has 6 nitrogen and oxygen atoms in total. The number of benzene rings is 2. The minimum Gasteiger partial charge on any atom is -0.486 e. The van der Waals surface area contributed by atoms with E-state index < -0.39 is 0 Å².